The van der Waals surface area contributed by atoms with Gasteiger partial charge in [-0.1, -0.05) is 0 Å². The number of anilines is 3. The fourth-order valence-electron chi connectivity index (χ4n) is 3.66. The summed E-state index contributed by atoms with van der Waals surface area (Å²) in [6.45, 7) is 3.66. The minimum absolute atomic E-state index is 0.115. The topological polar surface area (TPSA) is 110 Å². The van der Waals surface area contributed by atoms with Gasteiger partial charge in [-0.15, -0.1) is 0 Å². The Morgan fingerprint density at radius 3 is 2.42 bits per heavy atom. The van der Waals surface area contributed by atoms with E-state index in [4.69, 9.17) is 10.5 Å². The number of ether oxygens (including phenoxy) is 1. The van der Waals surface area contributed by atoms with Crippen LogP contribution in [0, 0.1) is 0 Å². The lowest BCUT2D eigenvalue weighted by atomic mass is 10.1. The van der Waals surface area contributed by atoms with Crippen molar-refractivity contribution in [3.63, 3.8) is 0 Å². The summed E-state index contributed by atoms with van der Waals surface area (Å²) in [5, 5.41) is 2.08. The molecule has 0 saturated carbocycles. The van der Waals surface area contributed by atoms with E-state index in [2.05, 4.69) is 20.3 Å². The van der Waals surface area contributed by atoms with E-state index in [9.17, 15) is 18.0 Å². The van der Waals surface area contributed by atoms with Crippen molar-refractivity contribution in [3.05, 3.63) is 23.9 Å². The molecule has 4 rings (SSSR count). The van der Waals surface area contributed by atoms with Crippen molar-refractivity contribution in [3.8, 4) is 11.3 Å². The number of nitrogens with two attached hydrogens (primary N) is 1. The Kier molecular flexibility index (Phi) is 5.81. The second kappa shape index (κ2) is 8.53. The van der Waals surface area contributed by atoms with Crippen molar-refractivity contribution in [2.45, 2.75) is 19.0 Å². The third kappa shape index (κ3) is 4.79. The van der Waals surface area contributed by atoms with Crippen LogP contribution in [-0.4, -0.2) is 60.4 Å². The molecule has 31 heavy (non-hydrogen) atoms. The van der Waals surface area contributed by atoms with E-state index in [-0.39, 0.29) is 17.1 Å². The Bertz CT molecular complexity index is 958. The lowest BCUT2D eigenvalue weighted by molar-refractivity contribution is -0.137. The van der Waals surface area contributed by atoms with E-state index in [1.807, 2.05) is 9.80 Å². The molecule has 0 aliphatic carbocycles. The second-order valence-corrected chi connectivity index (χ2v) is 7.31. The summed E-state index contributed by atoms with van der Waals surface area (Å²) < 4.78 is 46.9. The molecule has 9 nitrogen and oxygen atoms in total. The van der Waals surface area contributed by atoms with Crippen LogP contribution in [0.15, 0.2) is 18.3 Å². The first-order valence-corrected chi connectivity index (χ1v) is 9.92. The van der Waals surface area contributed by atoms with Gasteiger partial charge >= 0.3 is 12.2 Å². The Hall–Kier alpha value is -3.15. The van der Waals surface area contributed by atoms with Crippen LogP contribution in [0.4, 0.5) is 35.5 Å². The molecule has 2 aromatic heterocycles. The minimum atomic E-state index is -4.69. The molecular weight excluding hydrogens is 415 g/mol. The first kappa shape index (κ1) is 21.1. The van der Waals surface area contributed by atoms with E-state index < -0.39 is 17.8 Å². The van der Waals surface area contributed by atoms with E-state index in [1.165, 1.54) is 0 Å². The number of hydrogen-bond acceptors (Lipinski definition) is 7. The van der Waals surface area contributed by atoms with Gasteiger partial charge in [-0.25, -0.2) is 14.8 Å². The summed E-state index contributed by atoms with van der Waals surface area (Å²) in [5.41, 5.74) is 3.96. The highest BCUT2D eigenvalue weighted by Crippen LogP contribution is 2.38. The molecule has 0 aromatic carbocycles. The molecule has 0 unspecified atom stereocenters. The molecule has 0 radical (unpaired) electrons. The second-order valence-electron chi connectivity index (χ2n) is 7.31. The van der Waals surface area contributed by atoms with Gasteiger partial charge in [-0.2, -0.15) is 18.2 Å². The molecule has 2 aliphatic rings. The number of morpholine rings is 1. The van der Waals surface area contributed by atoms with Gasteiger partial charge in [0.2, 0.25) is 5.95 Å². The fourth-order valence-corrected chi connectivity index (χ4v) is 3.66. The van der Waals surface area contributed by atoms with Crippen molar-refractivity contribution < 1.29 is 22.7 Å². The molecule has 0 atom stereocenters. The van der Waals surface area contributed by atoms with Crippen LogP contribution in [0.2, 0.25) is 0 Å². The number of halogens is 3. The largest absolute Gasteiger partial charge is 0.417 e. The van der Waals surface area contributed by atoms with Crippen LogP contribution in [0.3, 0.4) is 0 Å². The van der Waals surface area contributed by atoms with Gasteiger partial charge in [0, 0.05) is 44.0 Å². The smallest absolute Gasteiger partial charge is 0.378 e. The summed E-state index contributed by atoms with van der Waals surface area (Å²) in [5.74, 6) is 0.650. The minimum Gasteiger partial charge on any atom is -0.378 e. The predicted molar refractivity (Wildman–Crippen MR) is 108 cm³/mol. The van der Waals surface area contributed by atoms with Gasteiger partial charge < -0.3 is 20.3 Å². The van der Waals surface area contributed by atoms with Gasteiger partial charge in [-0.3, -0.25) is 5.32 Å². The van der Waals surface area contributed by atoms with E-state index in [0.29, 0.717) is 38.1 Å². The lowest BCUT2D eigenvalue weighted by Crippen LogP contribution is -2.37. The van der Waals surface area contributed by atoms with Gasteiger partial charge in [0.05, 0.1) is 24.5 Å². The average Bonchev–Trinajstić information content (AvgIpc) is 3.28. The summed E-state index contributed by atoms with van der Waals surface area (Å²) in [4.78, 5) is 28.0. The number of hydrogen-bond donors (Lipinski definition) is 2. The Morgan fingerprint density at radius 2 is 1.77 bits per heavy atom. The number of carbonyl (C=O) groups excluding carboxylic acids is 1. The SMILES string of the molecule is NC(=O)Nc1cc(C(F)(F)F)c(-c2cc(N3CCCC3)nc(N3CCOCC3)n2)cn1. The number of pyridine rings is 1. The predicted octanol–water partition coefficient (Wildman–Crippen LogP) is 2.48. The van der Waals surface area contributed by atoms with Crippen molar-refractivity contribution in [1.82, 2.24) is 15.0 Å². The lowest BCUT2D eigenvalue weighted by Gasteiger charge is -2.28. The van der Waals surface area contributed by atoms with Gasteiger partial charge in [0.25, 0.3) is 0 Å². The Balaban J connectivity index is 1.82. The Labute approximate surface area is 176 Å². The molecule has 2 amide bonds. The quantitative estimate of drug-likeness (QED) is 0.756. The number of rotatable bonds is 4. The van der Waals surface area contributed by atoms with Crippen molar-refractivity contribution >= 4 is 23.6 Å². The first-order chi connectivity index (χ1) is 14.8. The molecule has 2 saturated heterocycles. The summed E-state index contributed by atoms with van der Waals surface area (Å²) >= 11 is 0. The maximum absolute atomic E-state index is 13.9. The molecule has 0 spiro atoms. The maximum Gasteiger partial charge on any atom is 0.417 e. The van der Waals surface area contributed by atoms with Crippen LogP contribution in [0.5, 0.6) is 0 Å². The summed E-state index contributed by atoms with van der Waals surface area (Å²) in [7, 11) is 0. The number of urea groups is 1. The zero-order valence-electron chi connectivity index (χ0n) is 16.7. The first-order valence-electron chi connectivity index (χ1n) is 9.92. The molecule has 2 aliphatic heterocycles. The monoisotopic (exact) mass is 437 g/mol. The number of carbonyl (C=O) groups is 1. The Morgan fingerprint density at radius 1 is 1.06 bits per heavy atom. The number of nitrogens with one attached hydrogen (secondary N) is 1. The fraction of sp³-hybridized carbons (Fsp3) is 0.474. The van der Waals surface area contributed by atoms with Crippen LogP contribution in [-0.2, 0) is 10.9 Å². The van der Waals surface area contributed by atoms with Gasteiger partial charge in [-0.05, 0) is 18.9 Å². The molecular formula is C19H22F3N7O2. The molecule has 2 fully saturated rings. The highest BCUT2D eigenvalue weighted by molar-refractivity contribution is 5.87. The third-order valence-corrected chi connectivity index (χ3v) is 5.16. The standard InChI is InChI=1S/C19H22F3N7O2/c20-19(21,22)13-9-15(26-17(23)30)24-11-12(13)14-10-16(28-3-1-2-4-28)27-18(25-14)29-5-7-31-8-6-29/h9-11H,1-8H2,(H3,23,24,26,30). The third-order valence-electron chi connectivity index (χ3n) is 5.16. The molecule has 2 aromatic rings. The van der Waals surface area contributed by atoms with Gasteiger partial charge in [0.1, 0.15) is 11.6 Å². The van der Waals surface area contributed by atoms with Crippen molar-refractivity contribution in [2.24, 2.45) is 5.73 Å². The molecule has 12 heteroatoms. The van der Waals surface area contributed by atoms with Crippen LogP contribution in [0.25, 0.3) is 11.3 Å². The molecule has 166 valence electrons. The van der Waals surface area contributed by atoms with Crippen LogP contribution < -0.4 is 20.9 Å². The number of nitrogens with zero attached hydrogens (tertiary/aromatic N) is 5. The van der Waals surface area contributed by atoms with Crippen LogP contribution in [0.1, 0.15) is 18.4 Å². The number of alkyl halides is 3. The summed E-state index contributed by atoms with van der Waals surface area (Å²) in [6, 6.07) is 1.32. The van der Waals surface area contributed by atoms with Gasteiger partial charge in [0.15, 0.2) is 0 Å². The zero-order chi connectivity index (χ0) is 22.0. The van der Waals surface area contributed by atoms with Crippen molar-refractivity contribution in [2.75, 3.05) is 54.5 Å². The van der Waals surface area contributed by atoms with Crippen molar-refractivity contribution in [1.29, 1.82) is 0 Å². The van der Waals surface area contributed by atoms with Crippen LogP contribution >= 0.6 is 0 Å². The van der Waals surface area contributed by atoms with E-state index in [0.717, 1.165) is 38.2 Å². The maximum atomic E-state index is 13.9. The number of primary amides is 1. The van der Waals surface area contributed by atoms with E-state index >= 15 is 0 Å². The molecule has 4 heterocycles. The molecule has 0 bridgehead atoms. The van der Waals surface area contributed by atoms with E-state index in [1.54, 1.807) is 6.07 Å². The zero-order valence-corrected chi connectivity index (χ0v) is 16.7. The number of amides is 2. The molecule has 3 N–H and O–H groups in total. The highest BCUT2D eigenvalue weighted by Gasteiger charge is 2.35. The normalized spacial score (nSPS) is 17.1. The highest BCUT2D eigenvalue weighted by atomic mass is 19.4. The summed E-state index contributed by atoms with van der Waals surface area (Å²) in [6.07, 6.45) is -1.65. The average molecular weight is 437 g/mol. The number of aromatic nitrogens is 3.